The number of carbonyl (C=O) groups excluding carboxylic acids is 1. The van der Waals surface area contributed by atoms with E-state index in [0.29, 0.717) is 5.71 Å². The fourth-order valence-corrected chi connectivity index (χ4v) is 1.29. The summed E-state index contributed by atoms with van der Waals surface area (Å²) in [5, 5.41) is 3.69. The zero-order chi connectivity index (χ0) is 13.3. The molecule has 1 heterocycles. The van der Waals surface area contributed by atoms with Gasteiger partial charge in [0.1, 0.15) is 0 Å². The normalized spacial score (nSPS) is 24.5. The Morgan fingerprint density at radius 2 is 2.18 bits per heavy atom. The third kappa shape index (κ3) is 3.61. The van der Waals surface area contributed by atoms with Gasteiger partial charge in [-0.05, 0) is 12.8 Å². The molecule has 0 aliphatic carbocycles. The van der Waals surface area contributed by atoms with E-state index in [2.05, 4.69) is 9.89 Å². The maximum absolute atomic E-state index is 11.9. The molecule has 0 spiro atoms. The summed E-state index contributed by atoms with van der Waals surface area (Å²) < 4.78 is 39.8. The average Bonchev–Trinajstić information content (AvgIpc) is 2.57. The van der Waals surface area contributed by atoms with Gasteiger partial charge < -0.3 is 9.57 Å². The third-order valence-corrected chi connectivity index (χ3v) is 2.35. The Kier molecular flexibility index (Phi) is 3.68. The molecule has 1 unspecified atom stereocenters. The van der Waals surface area contributed by atoms with Crippen LogP contribution in [0, 0.1) is 5.92 Å². The molecule has 0 aromatic heterocycles. The molecular weight excluding hydrogens is 239 g/mol. The molecule has 17 heavy (non-hydrogen) atoms. The van der Waals surface area contributed by atoms with Crippen LogP contribution in [0.2, 0.25) is 0 Å². The van der Waals surface area contributed by atoms with Gasteiger partial charge in [-0.3, -0.25) is 0 Å². The second-order valence-corrected chi connectivity index (χ2v) is 4.43. The zero-order valence-electron chi connectivity index (χ0n) is 9.80. The molecule has 1 aliphatic heterocycles. The predicted octanol–water partition coefficient (Wildman–Crippen LogP) is 2.28. The summed E-state index contributed by atoms with van der Waals surface area (Å²) in [6.45, 7) is 3.47. The quantitative estimate of drug-likeness (QED) is 0.725. The maximum Gasteiger partial charge on any atom is 0.422 e. The standard InChI is InChI=1S/C10H14F3NO3/c1-6(2)7-4-9(3,17-14-7)8(15)16-5-10(11,12)13/h6H,4-5H2,1-3H3. The van der Waals surface area contributed by atoms with Crippen LogP contribution in [0.15, 0.2) is 5.16 Å². The number of hydrogen-bond acceptors (Lipinski definition) is 4. The summed E-state index contributed by atoms with van der Waals surface area (Å²) in [6.07, 6.45) is -4.38. The lowest BCUT2D eigenvalue weighted by atomic mass is 9.94. The Hall–Kier alpha value is -1.27. The number of halogens is 3. The summed E-state index contributed by atoms with van der Waals surface area (Å²) in [4.78, 5) is 16.3. The summed E-state index contributed by atoms with van der Waals surface area (Å²) >= 11 is 0. The van der Waals surface area contributed by atoms with Crippen molar-refractivity contribution in [2.24, 2.45) is 11.1 Å². The largest absolute Gasteiger partial charge is 0.453 e. The van der Waals surface area contributed by atoms with E-state index in [-0.39, 0.29) is 12.3 Å². The van der Waals surface area contributed by atoms with Crippen LogP contribution in [-0.4, -0.2) is 30.1 Å². The van der Waals surface area contributed by atoms with E-state index in [4.69, 9.17) is 4.84 Å². The van der Waals surface area contributed by atoms with Crippen LogP contribution in [0.25, 0.3) is 0 Å². The van der Waals surface area contributed by atoms with Crippen LogP contribution in [0.1, 0.15) is 27.2 Å². The second kappa shape index (κ2) is 4.54. The smallest absolute Gasteiger partial charge is 0.422 e. The van der Waals surface area contributed by atoms with Crippen LogP contribution in [0.4, 0.5) is 13.2 Å². The fourth-order valence-electron chi connectivity index (χ4n) is 1.29. The molecule has 7 heteroatoms. The molecule has 0 fully saturated rings. The molecule has 1 rings (SSSR count). The zero-order valence-corrected chi connectivity index (χ0v) is 9.80. The molecule has 0 aromatic rings. The van der Waals surface area contributed by atoms with Crippen molar-refractivity contribution < 1.29 is 27.5 Å². The van der Waals surface area contributed by atoms with Gasteiger partial charge in [-0.2, -0.15) is 13.2 Å². The number of rotatable bonds is 3. The summed E-state index contributed by atoms with van der Waals surface area (Å²) in [7, 11) is 0. The second-order valence-electron chi connectivity index (χ2n) is 4.43. The van der Waals surface area contributed by atoms with E-state index in [9.17, 15) is 18.0 Å². The van der Waals surface area contributed by atoms with E-state index in [1.807, 2.05) is 13.8 Å². The van der Waals surface area contributed by atoms with Crippen LogP contribution < -0.4 is 0 Å². The molecular formula is C10H14F3NO3. The van der Waals surface area contributed by atoms with E-state index in [1.165, 1.54) is 6.92 Å². The minimum atomic E-state index is -4.54. The monoisotopic (exact) mass is 253 g/mol. The van der Waals surface area contributed by atoms with Gasteiger partial charge in [-0.1, -0.05) is 19.0 Å². The van der Waals surface area contributed by atoms with Gasteiger partial charge in [-0.15, -0.1) is 0 Å². The first-order valence-electron chi connectivity index (χ1n) is 5.13. The lowest BCUT2D eigenvalue weighted by Gasteiger charge is -2.20. The molecule has 1 atom stereocenters. The van der Waals surface area contributed by atoms with Crippen molar-refractivity contribution in [3.05, 3.63) is 0 Å². The first-order valence-corrected chi connectivity index (χ1v) is 5.13. The number of alkyl halides is 3. The number of oxime groups is 1. The van der Waals surface area contributed by atoms with Gasteiger partial charge in [0.2, 0.25) is 5.60 Å². The molecule has 98 valence electrons. The van der Waals surface area contributed by atoms with Crippen molar-refractivity contribution in [2.45, 2.75) is 39.0 Å². The van der Waals surface area contributed by atoms with Gasteiger partial charge in [0.05, 0.1) is 5.71 Å². The minimum Gasteiger partial charge on any atom is -0.453 e. The van der Waals surface area contributed by atoms with Gasteiger partial charge >= 0.3 is 12.1 Å². The predicted molar refractivity (Wildman–Crippen MR) is 53.4 cm³/mol. The van der Waals surface area contributed by atoms with E-state index in [0.717, 1.165) is 0 Å². The highest BCUT2D eigenvalue weighted by molar-refractivity contribution is 5.94. The van der Waals surface area contributed by atoms with E-state index < -0.39 is 24.4 Å². The molecule has 0 bridgehead atoms. The number of hydrogen-bond donors (Lipinski definition) is 0. The fraction of sp³-hybridized carbons (Fsp3) is 0.800. The molecule has 0 saturated carbocycles. The Morgan fingerprint density at radius 1 is 1.59 bits per heavy atom. The van der Waals surface area contributed by atoms with E-state index >= 15 is 0 Å². The van der Waals surface area contributed by atoms with Crippen molar-refractivity contribution in [1.82, 2.24) is 0 Å². The lowest BCUT2D eigenvalue weighted by Crippen LogP contribution is -2.39. The Bertz CT molecular complexity index is 338. The Morgan fingerprint density at radius 3 is 2.59 bits per heavy atom. The first-order chi connectivity index (χ1) is 7.64. The average molecular weight is 253 g/mol. The maximum atomic E-state index is 11.9. The summed E-state index contributed by atoms with van der Waals surface area (Å²) in [5.74, 6) is -0.971. The number of nitrogens with zero attached hydrogens (tertiary/aromatic N) is 1. The Labute approximate surface area is 96.8 Å². The van der Waals surface area contributed by atoms with Gasteiger partial charge in [-0.25, -0.2) is 4.79 Å². The summed E-state index contributed by atoms with van der Waals surface area (Å²) in [6, 6.07) is 0. The molecule has 0 saturated heterocycles. The van der Waals surface area contributed by atoms with Gasteiger partial charge in [0.25, 0.3) is 0 Å². The highest BCUT2D eigenvalue weighted by Gasteiger charge is 2.45. The van der Waals surface area contributed by atoms with E-state index in [1.54, 1.807) is 0 Å². The summed E-state index contributed by atoms with van der Waals surface area (Å²) in [5.41, 5.74) is -0.804. The number of carbonyl (C=O) groups is 1. The van der Waals surface area contributed by atoms with Crippen molar-refractivity contribution >= 4 is 11.7 Å². The highest BCUT2D eigenvalue weighted by atomic mass is 19.4. The van der Waals surface area contributed by atoms with Gasteiger partial charge in [0, 0.05) is 6.42 Å². The lowest BCUT2D eigenvalue weighted by molar-refractivity contribution is -0.199. The van der Waals surface area contributed by atoms with Crippen LogP contribution in [-0.2, 0) is 14.4 Å². The van der Waals surface area contributed by atoms with Crippen LogP contribution in [0.5, 0.6) is 0 Å². The molecule has 0 N–H and O–H groups in total. The van der Waals surface area contributed by atoms with Gasteiger partial charge in [0.15, 0.2) is 6.61 Å². The van der Waals surface area contributed by atoms with Crippen molar-refractivity contribution in [3.8, 4) is 0 Å². The molecule has 4 nitrogen and oxygen atoms in total. The van der Waals surface area contributed by atoms with Crippen LogP contribution in [0.3, 0.4) is 0 Å². The minimum absolute atomic E-state index is 0.0761. The van der Waals surface area contributed by atoms with Crippen LogP contribution >= 0.6 is 0 Å². The molecule has 0 radical (unpaired) electrons. The SMILES string of the molecule is CC(C)C1=NOC(C)(C(=O)OCC(F)(F)F)C1. The molecule has 1 aliphatic rings. The third-order valence-electron chi connectivity index (χ3n) is 2.35. The number of esters is 1. The first kappa shape index (κ1) is 13.8. The highest BCUT2D eigenvalue weighted by Crippen LogP contribution is 2.28. The van der Waals surface area contributed by atoms with Crippen molar-refractivity contribution in [3.63, 3.8) is 0 Å². The molecule has 0 aromatic carbocycles. The van der Waals surface area contributed by atoms with Crippen molar-refractivity contribution in [1.29, 1.82) is 0 Å². The Balaban J connectivity index is 2.54. The molecule has 0 amide bonds. The number of ether oxygens (including phenoxy) is 1. The van der Waals surface area contributed by atoms with Crippen molar-refractivity contribution in [2.75, 3.05) is 6.61 Å². The topological polar surface area (TPSA) is 47.9 Å².